The molecule has 1 N–H and O–H groups in total. The van der Waals surface area contributed by atoms with Gasteiger partial charge in [0.05, 0.1) is 11.4 Å². The number of hydrogen-bond acceptors (Lipinski definition) is 5. The summed E-state index contributed by atoms with van der Waals surface area (Å²) < 4.78 is 1.58. The summed E-state index contributed by atoms with van der Waals surface area (Å²) in [5.74, 6) is 0.267. The second-order valence-corrected chi connectivity index (χ2v) is 6.99. The molecule has 0 aliphatic carbocycles. The van der Waals surface area contributed by atoms with Crippen molar-refractivity contribution >= 4 is 29.3 Å². The van der Waals surface area contributed by atoms with Crippen LogP contribution < -0.4 is 5.32 Å². The molecule has 0 spiro atoms. The van der Waals surface area contributed by atoms with E-state index in [0.717, 1.165) is 18.5 Å². The van der Waals surface area contributed by atoms with Gasteiger partial charge < -0.3 is 5.32 Å². The van der Waals surface area contributed by atoms with Crippen LogP contribution in [0.15, 0.2) is 29.4 Å². The summed E-state index contributed by atoms with van der Waals surface area (Å²) >= 11 is 7.30. The zero-order valence-corrected chi connectivity index (χ0v) is 15.5. The molecule has 0 aliphatic rings. The first-order valence-electron chi connectivity index (χ1n) is 8.06. The number of aromatic nitrogens is 4. The standard InChI is InChI=1S/C16H22ClN5OS/c1-3-4-5-7-12(2)18-15(23)11-24-16-19-20-21-22(16)14-9-6-8-13(17)10-14/h6,8-10,12H,3-5,7,11H2,1-2H3,(H,18,23)/t12-/m1/s1. The number of unbranched alkanes of at least 4 members (excludes halogenated alkanes) is 2. The van der Waals surface area contributed by atoms with E-state index in [1.807, 2.05) is 19.1 Å². The van der Waals surface area contributed by atoms with Crippen molar-refractivity contribution < 1.29 is 4.79 Å². The van der Waals surface area contributed by atoms with Crippen LogP contribution in [-0.2, 0) is 4.79 Å². The van der Waals surface area contributed by atoms with E-state index < -0.39 is 0 Å². The van der Waals surface area contributed by atoms with Crippen molar-refractivity contribution in [3.63, 3.8) is 0 Å². The first-order chi connectivity index (χ1) is 11.6. The van der Waals surface area contributed by atoms with Gasteiger partial charge in [-0.15, -0.1) is 5.10 Å². The quantitative estimate of drug-likeness (QED) is 0.542. The maximum absolute atomic E-state index is 12.1. The van der Waals surface area contributed by atoms with Gasteiger partial charge in [0.25, 0.3) is 0 Å². The molecule has 1 aromatic heterocycles. The van der Waals surface area contributed by atoms with E-state index in [0.29, 0.717) is 10.2 Å². The molecule has 0 bridgehead atoms. The normalized spacial score (nSPS) is 12.1. The van der Waals surface area contributed by atoms with Gasteiger partial charge in [-0.25, -0.2) is 0 Å². The number of nitrogens with zero attached hydrogens (tertiary/aromatic N) is 4. The third-order valence-electron chi connectivity index (χ3n) is 3.47. The lowest BCUT2D eigenvalue weighted by Gasteiger charge is -2.13. The number of hydrogen-bond donors (Lipinski definition) is 1. The molecule has 0 fully saturated rings. The summed E-state index contributed by atoms with van der Waals surface area (Å²) in [4.78, 5) is 12.1. The fraction of sp³-hybridized carbons (Fsp3) is 0.500. The zero-order valence-electron chi connectivity index (χ0n) is 13.9. The Morgan fingerprint density at radius 2 is 2.25 bits per heavy atom. The number of amides is 1. The number of tetrazole rings is 1. The summed E-state index contributed by atoms with van der Waals surface area (Å²) in [7, 11) is 0. The van der Waals surface area contributed by atoms with Crippen molar-refractivity contribution in [3.05, 3.63) is 29.3 Å². The Bertz CT molecular complexity index is 663. The van der Waals surface area contributed by atoms with Gasteiger partial charge in [-0.3, -0.25) is 4.79 Å². The largest absolute Gasteiger partial charge is 0.353 e. The topological polar surface area (TPSA) is 72.7 Å². The van der Waals surface area contributed by atoms with Gasteiger partial charge >= 0.3 is 0 Å². The average molecular weight is 368 g/mol. The Morgan fingerprint density at radius 1 is 1.42 bits per heavy atom. The van der Waals surface area contributed by atoms with Crippen LogP contribution in [0, 0.1) is 0 Å². The van der Waals surface area contributed by atoms with E-state index in [2.05, 4.69) is 27.8 Å². The van der Waals surface area contributed by atoms with E-state index in [4.69, 9.17) is 11.6 Å². The molecule has 2 rings (SSSR count). The van der Waals surface area contributed by atoms with Crippen LogP contribution in [0.3, 0.4) is 0 Å². The van der Waals surface area contributed by atoms with Crippen molar-refractivity contribution in [2.45, 2.75) is 50.7 Å². The molecular weight excluding hydrogens is 346 g/mol. The number of benzene rings is 1. The van der Waals surface area contributed by atoms with Crippen molar-refractivity contribution in [1.29, 1.82) is 0 Å². The van der Waals surface area contributed by atoms with Gasteiger partial charge in [-0.05, 0) is 42.0 Å². The van der Waals surface area contributed by atoms with Gasteiger partial charge in [-0.1, -0.05) is 55.6 Å². The molecule has 0 saturated carbocycles. The van der Waals surface area contributed by atoms with Gasteiger partial charge in [-0.2, -0.15) is 4.68 Å². The first kappa shape index (κ1) is 18.7. The Morgan fingerprint density at radius 3 is 3.00 bits per heavy atom. The van der Waals surface area contributed by atoms with E-state index in [-0.39, 0.29) is 17.7 Å². The molecule has 8 heteroatoms. The van der Waals surface area contributed by atoms with Crippen LogP contribution in [0.25, 0.3) is 5.69 Å². The minimum absolute atomic E-state index is 0.00959. The minimum Gasteiger partial charge on any atom is -0.353 e. The predicted octanol–water partition coefficient (Wildman–Crippen LogP) is 3.49. The highest BCUT2D eigenvalue weighted by molar-refractivity contribution is 7.99. The fourth-order valence-corrected chi connectivity index (χ4v) is 3.14. The Kier molecular flexibility index (Phi) is 7.52. The van der Waals surface area contributed by atoms with Crippen molar-refractivity contribution in [2.24, 2.45) is 0 Å². The Balaban J connectivity index is 1.87. The molecule has 0 aliphatic heterocycles. The summed E-state index contributed by atoms with van der Waals surface area (Å²) in [6, 6.07) is 7.45. The van der Waals surface area contributed by atoms with Crippen molar-refractivity contribution in [3.8, 4) is 5.69 Å². The molecule has 0 unspecified atom stereocenters. The van der Waals surface area contributed by atoms with Crippen LogP contribution in [0.4, 0.5) is 0 Å². The summed E-state index contributed by atoms with van der Waals surface area (Å²) in [5.41, 5.74) is 0.767. The number of carbonyl (C=O) groups excluding carboxylic acids is 1. The number of thioether (sulfide) groups is 1. The summed E-state index contributed by atoms with van der Waals surface area (Å²) in [5, 5.41) is 15.8. The molecule has 1 atom stereocenters. The van der Waals surface area contributed by atoms with Crippen molar-refractivity contribution in [1.82, 2.24) is 25.5 Å². The van der Waals surface area contributed by atoms with Gasteiger partial charge in [0.2, 0.25) is 11.1 Å². The van der Waals surface area contributed by atoms with Crippen molar-refractivity contribution in [2.75, 3.05) is 5.75 Å². The Labute approximate surface area is 151 Å². The van der Waals surface area contributed by atoms with Gasteiger partial charge in [0, 0.05) is 11.1 Å². The molecule has 2 aromatic rings. The number of rotatable bonds is 9. The molecule has 24 heavy (non-hydrogen) atoms. The molecule has 0 saturated heterocycles. The van der Waals surface area contributed by atoms with E-state index in [1.54, 1.807) is 16.8 Å². The fourth-order valence-electron chi connectivity index (χ4n) is 2.26. The lowest BCUT2D eigenvalue weighted by molar-refractivity contribution is -0.119. The zero-order chi connectivity index (χ0) is 17.4. The highest BCUT2D eigenvalue weighted by Crippen LogP contribution is 2.20. The smallest absolute Gasteiger partial charge is 0.230 e. The molecule has 130 valence electrons. The second-order valence-electron chi connectivity index (χ2n) is 5.61. The summed E-state index contributed by atoms with van der Waals surface area (Å²) in [6.45, 7) is 4.21. The summed E-state index contributed by atoms with van der Waals surface area (Å²) in [6.07, 6.45) is 4.52. The van der Waals surface area contributed by atoms with Crippen LogP contribution in [0.2, 0.25) is 5.02 Å². The third kappa shape index (κ3) is 5.79. The van der Waals surface area contributed by atoms with E-state index in [1.165, 1.54) is 24.6 Å². The van der Waals surface area contributed by atoms with Crippen LogP contribution >= 0.6 is 23.4 Å². The van der Waals surface area contributed by atoms with Crippen LogP contribution in [0.1, 0.15) is 39.5 Å². The lowest BCUT2D eigenvalue weighted by Crippen LogP contribution is -2.33. The SMILES string of the molecule is CCCCC[C@@H](C)NC(=O)CSc1nnnn1-c1cccc(Cl)c1. The number of halogens is 1. The minimum atomic E-state index is -0.00959. The first-order valence-corrected chi connectivity index (χ1v) is 9.43. The van der Waals surface area contributed by atoms with E-state index >= 15 is 0 Å². The number of carbonyl (C=O) groups is 1. The number of nitrogens with one attached hydrogen (secondary N) is 1. The highest BCUT2D eigenvalue weighted by Gasteiger charge is 2.13. The van der Waals surface area contributed by atoms with Crippen LogP contribution in [-0.4, -0.2) is 37.9 Å². The van der Waals surface area contributed by atoms with Crippen LogP contribution in [0.5, 0.6) is 0 Å². The highest BCUT2D eigenvalue weighted by atomic mass is 35.5. The Hall–Kier alpha value is -1.60. The molecule has 1 amide bonds. The molecule has 1 aromatic carbocycles. The molecule has 0 radical (unpaired) electrons. The maximum Gasteiger partial charge on any atom is 0.230 e. The van der Waals surface area contributed by atoms with E-state index in [9.17, 15) is 4.79 Å². The predicted molar refractivity (Wildman–Crippen MR) is 96.6 cm³/mol. The third-order valence-corrected chi connectivity index (χ3v) is 4.63. The molecule has 6 nitrogen and oxygen atoms in total. The van der Waals surface area contributed by atoms with Gasteiger partial charge in [0.1, 0.15) is 0 Å². The lowest BCUT2D eigenvalue weighted by atomic mass is 10.1. The molecule has 1 heterocycles. The molecular formula is C16H22ClN5OS. The van der Waals surface area contributed by atoms with Gasteiger partial charge in [0.15, 0.2) is 0 Å². The maximum atomic E-state index is 12.1. The monoisotopic (exact) mass is 367 g/mol. The average Bonchev–Trinajstić information content (AvgIpc) is 3.01. The second kappa shape index (κ2) is 9.64.